The first kappa shape index (κ1) is 36.1. The van der Waals surface area contributed by atoms with E-state index in [1.807, 2.05) is 0 Å². The van der Waals surface area contributed by atoms with E-state index < -0.39 is 25.8 Å². The Morgan fingerprint density at radius 1 is 0.553 bits per heavy atom. The van der Waals surface area contributed by atoms with Crippen molar-refractivity contribution in [2.75, 3.05) is 0 Å². The van der Waals surface area contributed by atoms with Crippen molar-refractivity contribution in [3.8, 4) is 11.1 Å². The Balaban J connectivity index is 0.00000217. The monoisotopic (exact) mass is 752 g/mol. The van der Waals surface area contributed by atoms with Crippen molar-refractivity contribution in [3.63, 3.8) is 0 Å². The van der Waals surface area contributed by atoms with Crippen molar-refractivity contribution in [3.05, 3.63) is 142 Å². The standard InChI is InChI=1S/C21H25.C20H15.C2H6Si.2ClH.Zr/c1-20(2,3)16-7-9-18-14(12-16)11-15-13-17(21(4,5)6)8-10-19(15)18;1-14-10-11-19(20-9-5-4-8-18(14)20)17-12-15-6-2-3-7-16(15)13-17;1-3-2;;;/h7-13H,1-6H3;2-13H,1H3;1-2H3;2*1H;. The Bertz CT molecular complexity index is 2010. The summed E-state index contributed by atoms with van der Waals surface area (Å²) in [6, 6.07) is 38.3. The van der Waals surface area contributed by atoms with E-state index in [-0.39, 0.29) is 35.6 Å². The Hall–Kier alpha value is -2.22. The minimum atomic E-state index is -2.41. The smallest absolute Gasteiger partial charge is 0.147 e. The van der Waals surface area contributed by atoms with Crippen LogP contribution in [-0.2, 0) is 31.2 Å². The van der Waals surface area contributed by atoms with E-state index in [2.05, 4.69) is 165 Å². The van der Waals surface area contributed by atoms with Gasteiger partial charge in [-0.15, -0.1) is 24.8 Å². The summed E-state index contributed by atoms with van der Waals surface area (Å²) in [4.78, 5) is 0. The molecular weight excluding hydrogens is 707 g/mol. The van der Waals surface area contributed by atoms with Crippen molar-refractivity contribution >= 4 is 52.7 Å². The molecule has 7 rings (SSSR count). The zero-order valence-electron chi connectivity index (χ0n) is 29.3. The second kappa shape index (κ2) is 13.2. The van der Waals surface area contributed by atoms with Gasteiger partial charge in [-0.05, 0) is 0 Å². The van der Waals surface area contributed by atoms with Crippen molar-refractivity contribution in [1.29, 1.82) is 0 Å². The average Bonchev–Trinajstić information content (AvgIpc) is 3.52. The fourth-order valence-corrected chi connectivity index (χ4v) is 27.7. The molecule has 0 bridgehead atoms. The molecule has 1 unspecified atom stereocenters. The van der Waals surface area contributed by atoms with Crippen LogP contribution in [0.15, 0.2) is 97.1 Å². The van der Waals surface area contributed by atoms with Crippen LogP contribution in [0.3, 0.4) is 0 Å². The summed E-state index contributed by atoms with van der Waals surface area (Å²) in [5.74, 6) is 0. The molecule has 4 heteroatoms. The molecule has 0 spiro atoms. The molecule has 0 amide bonds. The van der Waals surface area contributed by atoms with Gasteiger partial charge in [0, 0.05) is 0 Å². The van der Waals surface area contributed by atoms with Crippen LogP contribution in [0.4, 0.5) is 0 Å². The van der Waals surface area contributed by atoms with Gasteiger partial charge in [0.2, 0.25) is 0 Å². The maximum atomic E-state index is 2.66. The van der Waals surface area contributed by atoms with E-state index in [0.29, 0.717) is 7.25 Å². The van der Waals surface area contributed by atoms with Gasteiger partial charge in [-0.3, -0.25) is 0 Å². The molecule has 0 N–H and O–H groups in total. The Labute approximate surface area is 303 Å². The van der Waals surface area contributed by atoms with Crippen molar-refractivity contribution < 1.29 is 20.4 Å². The van der Waals surface area contributed by atoms with E-state index >= 15 is 0 Å². The SMILES string of the molecule is Cc1ccc(C2=Cc3ccccc3[CH]2[Zr]([CH]2c3cc(C(C)(C)C)ccc3-c3ccc(C(C)(C)C)cc32)=[Si](C)C)c2ccccc12.Cl.Cl. The van der Waals surface area contributed by atoms with E-state index in [9.17, 15) is 0 Å². The molecule has 0 aliphatic heterocycles. The van der Waals surface area contributed by atoms with Gasteiger partial charge < -0.3 is 0 Å². The summed E-state index contributed by atoms with van der Waals surface area (Å²) in [6.45, 7) is 21.8. The number of aryl methyl sites for hydroxylation is 1. The van der Waals surface area contributed by atoms with Gasteiger partial charge >= 0.3 is 281 Å². The second-order valence-electron chi connectivity index (χ2n) is 15.6. The fraction of sp³-hybridized carbons (Fsp3) is 0.302. The maximum absolute atomic E-state index is 2.66. The largest absolute Gasteiger partial charge is 0.147 e. The Morgan fingerprint density at radius 3 is 1.62 bits per heavy atom. The van der Waals surface area contributed by atoms with Crippen molar-refractivity contribution in [2.24, 2.45) is 0 Å². The van der Waals surface area contributed by atoms with Crippen LogP contribution >= 0.6 is 24.8 Å². The average molecular weight is 755 g/mol. The first-order valence-corrected chi connectivity index (χ1v) is 25.6. The van der Waals surface area contributed by atoms with Crippen molar-refractivity contribution in [1.82, 2.24) is 0 Å². The van der Waals surface area contributed by atoms with Crippen LogP contribution in [0, 0.1) is 6.92 Å². The zero-order chi connectivity index (χ0) is 31.8. The molecule has 5 aromatic carbocycles. The molecule has 0 fully saturated rings. The quantitative estimate of drug-likeness (QED) is 0.161. The summed E-state index contributed by atoms with van der Waals surface area (Å²) in [5, 5.41) is 2.79. The van der Waals surface area contributed by atoms with Crippen LogP contribution in [-0.4, -0.2) is 5.43 Å². The predicted octanol–water partition coefficient (Wildman–Crippen LogP) is 12.8. The second-order valence-corrected chi connectivity index (χ2v) is 33.5. The molecule has 0 aromatic heterocycles. The number of hydrogen-bond donors (Lipinski definition) is 0. The molecule has 0 saturated heterocycles. The Morgan fingerprint density at radius 2 is 1.06 bits per heavy atom. The first-order chi connectivity index (χ1) is 21.3. The van der Waals surface area contributed by atoms with Crippen molar-refractivity contribution in [2.45, 2.75) is 79.6 Å². The Kier molecular flexibility index (Phi) is 10.2. The summed E-state index contributed by atoms with van der Waals surface area (Å²) < 4.78 is 1.07. The van der Waals surface area contributed by atoms with Crippen LogP contribution in [0.2, 0.25) is 13.1 Å². The molecule has 0 heterocycles. The minimum absolute atomic E-state index is 0. The third-order valence-electron chi connectivity index (χ3n) is 10.3. The number of rotatable bonds is 3. The number of benzene rings is 5. The van der Waals surface area contributed by atoms with Gasteiger partial charge in [0.25, 0.3) is 0 Å². The summed E-state index contributed by atoms with van der Waals surface area (Å²) in [7, 11) is 0. The number of hydrogen-bond acceptors (Lipinski definition) is 0. The topological polar surface area (TPSA) is 0 Å². The third-order valence-corrected chi connectivity index (χ3v) is 29.5. The van der Waals surface area contributed by atoms with Crippen LogP contribution < -0.4 is 0 Å². The van der Waals surface area contributed by atoms with Gasteiger partial charge in [-0.2, -0.15) is 0 Å². The molecule has 0 radical (unpaired) electrons. The summed E-state index contributed by atoms with van der Waals surface area (Å²) in [6.07, 6.45) is 2.58. The van der Waals surface area contributed by atoms with Gasteiger partial charge in [-0.1, -0.05) is 0 Å². The van der Waals surface area contributed by atoms with E-state index in [0.717, 1.165) is 0 Å². The first-order valence-electron chi connectivity index (χ1n) is 16.6. The zero-order valence-corrected chi connectivity index (χ0v) is 34.4. The van der Waals surface area contributed by atoms with Crippen LogP contribution in [0.5, 0.6) is 0 Å². The third kappa shape index (κ3) is 6.23. The number of halogens is 2. The predicted molar refractivity (Wildman–Crippen MR) is 209 cm³/mol. The molecule has 1 atom stereocenters. The number of fused-ring (bicyclic) bond motifs is 5. The summed E-state index contributed by atoms with van der Waals surface area (Å²) >= 11 is -2.41. The molecule has 2 aliphatic rings. The minimum Gasteiger partial charge on any atom is -0.147 e. The summed E-state index contributed by atoms with van der Waals surface area (Å²) in [5.41, 5.74) is 16.2. The molecule has 0 nitrogen and oxygen atoms in total. The molecule has 5 aromatic rings. The fourth-order valence-electron chi connectivity index (χ4n) is 7.87. The molecule has 242 valence electrons. The maximum Gasteiger partial charge on any atom is -0.147 e. The van der Waals surface area contributed by atoms with Gasteiger partial charge in [0.05, 0.1) is 0 Å². The van der Waals surface area contributed by atoms with Gasteiger partial charge in [0.15, 0.2) is 0 Å². The van der Waals surface area contributed by atoms with E-state index in [4.69, 9.17) is 0 Å². The normalized spacial score (nSPS) is 15.3. The molecule has 0 saturated carbocycles. The van der Waals surface area contributed by atoms with Gasteiger partial charge in [-0.25, -0.2) is 0 Å². The molecule has 2 aliphatic carbocycles. The van der Waals surface area contributed by atoms with Gasteiger partial charge in [0.1, 0.15) is 0 Å². The van der Waals surface area contributed by atoms with E-state index in [1.165, 1.54) is 49.7 Å². The number of allylic oxidation sites excluding steroid dienone is 1. The molecular formula is C43H48Cl2SiZr. The van der Waals surface area contributed by atoms with Crippen LogP contribution in [0.1, 0.15) is 93.3 Å². The van der Waals surface area contributed by atoms with Crippen LogP contribution in [0.25, 0.3) is 33.5 Å². The molecule has 47 heavy (non-hydrogen) atoms. The van der Waals surface area contributed by atoms with E-state index in [1.54, 1.807) is 22.3 Å².